The van der Waals surface area contributed by atoms with Gasteiger partial charge in [0.05, 0.1) is 5.97 Å². The third kappa shape index (κ3) is 3.77. The number of rotatable bonds is 1. The Morgan fingerprint density at radius 1 is 1.64 bits per heavy atom. The van der Waals surface area contributed by atoms with Gasteiger partial charge < -0.3 is 9.90 Å². The molecule has 0 atom stereocenters. The normalized spacial score (nSPS) is 8.45. The molecule has 0 aliphatic heterocycles. The van der Waals surface area contributed by atoms with E-state index in [1.165, 1.54) is 18.3 Å². The zero-order valence-corrected chi connectivity index (χ0v) is 10.6. The summed E-state index contributed by atoms with van der Waals surface area (Å²) in [6.07, 6.45) is 1.40. The van der Waals surface area contributed by atoms with Crippen LogP contribution in [-0.4, -0.2) is 11.0 Å². The van der Waals surface area contributed by atoms with Crippen molar-refractivity contribution in [2.45, 2.75) is 0 Å². The Morgan fingerprint density at radius 2 is 2.27 bits per heavy atom. The predicted octanol–water partition coefficient (Wildman–Crippen LogP) is -2.79. The molecule has 0 aliphatic rings. The van der Waals surface area contributed by atoms with Crippen LogP contribution in [0.15, 0.2) is 22.9 Å². The van der Waals surface area contributed by atoms with Crippen LogP contribution in [0.4, 0.5) is 0 Å². The number of aromatic carboxylic acids is 1. The van der Waals surface area contributed by atoms with Crippen molar-refractivity contribution >= 4 is 21.9 Å². The largest absolute Gasteiger partial charge is 1.00 e. The second-order valence-electron chi connectivity index (χ2n) is 1.65. The summed E-state index contributed by atoms with van der Waals surface area (Å²) < 4.78 is 0.495. The van der Waals surface area contributed by atoms with E-state index >= 15 is 0 Å². The Kier molecular flexibility index (Phi) is 5.76. The van der Waals surface area contributed by atoms with E-state index in [0.717, 1.165) is 0 Å². The van der Waals surface area contributed by atoms with Gasteiger partial charge in [-0.3, -0.25) is 0 Å². The first-order chi connectivity index (χ1) is 4.70. The average molecular weight is 240 g/mol. The quantitative estimate of drug-likeness (QED) is 0.394. The molecule has 1 aromatic rings. The number of carbonyl (C=O) groups is 1. The van der Waals surface area contributed by atoms with Crippen molar-refractivity contribution in [3.05, 3.63) is 28.5 Å². The summed E-state index contributed by atoms with van der Waals surface area (Å²) in [5.41, 5.74) is 0.127. The van der Waals surface area contributed by atoms with Gasteiger partial charge in [-0.25, -0.2) is 4.98 Å². The molecule has 0 aromatic carbocycles. The summed E-state index contributed by atoms with van der Waals surface area (Å²) >= 11 is 3.03. The molecule has 0 N–H and O–H groups in total. The maximum absolute atomic E-state index is 10.2. The molecular weight excluding hydrogens is 237 g/mol. The third-order valence-corrected chi connectivity index (χ3v) is 1.40. The zero-order valence-electron chi connectivity index (χ0n) is 5.87. The van der Waals surface area contributed by atoms with Gasteiger partial charge in [-0.2, -0.15) is 0 Å². The Morgan fingerprint density at radius 3 is 2.64 bits per heavy atom. The first kappa shape index (κ1) is 11.7. The van der Waals surface area contributed by atoms with Gasteiger partial charge in [-0.05, 0) is 28.1 Å². The number of aromatic nitrogens is 1. The minimum absolute atomic E-state index is 0. The number of carboxylic acid groups (broad SMARTS) is 1. The molecule has 0 saturated carbocycles. The van der Waals surface area contributed by atoms with Gasteiger partial charge in [-0.1, -0.05) is 0 Å². The molecule has 52 valence electrons. The van der Waals surface area contributed by atoms with Crippen molar-refractivity contribution < 1.29 is 61.3 Å². The number of nitrogens with zero attached hydrogens (tertiary/aromatic N) is 1. The van der Waals surface area contributed by atoms with E-state index in [2.05, 4.69) is 20.9 Å². The standard InChI is InChI=1S/C6H4BrNO2.K/c7-5-3-4(6(9)10)1-2-8-5;/h1-3H,(H,9,10);/q;+1/p-1. The van der Waals surface area contributed by atoms with Crippen molar-refractivity contribution in [1.82, 2.24) is 4.98 Å². The molecule has 0 bridgehead atoms. The first-order valence-electron chi connectivity index (χ1n) is 2.53. The van der Waals surface area contributed by atoms with E-state index in [-0.39, 0.29) is 56.9 Å². The molecule has 0 saturated heterocycles. The van der Waals surface area contributed by atoms with Crippen LogP contribution in [0.1, 0.15) is 10.4 Å². The van der Waals surface area contributed by atoms with Crippen LogP contribution in [0, 0.1) is 0 Å². The zero-order chi connectivity index (χ0) is 7.56. The molecule has 0 aliphatic carbocycles. The van der Waals surface area contributed by atoms with E-state index in [1.54, 1.807) is 0 Å². The molecular formula is C6H3BrKNO2. The summed E-state index contributed by atoms with van der Waals surface area (Å²) in [5.74, 6) is -1.19. The van der Waals surface area contributed by atoms with Crippen molar-refractivity contribution in [3.8, 4) is 0 Å². The molecule has 0 radical (unpaired) electrons. The van der Waals surface area contributed by atoms with Crippen LogP contribution in [0.25, 0.3) is 0 Å². The maximum Gasteiger partial charge on any atom is 1.00 e. The SMILES string of the molecule is O=C([O-])c1ccnc(Br)c1.[K+]. The van der Waals surface area contributed by atoms with Gasteiger partial charge in [0.2, 0.25) is 0 Å². The molecule has 11 heavy (non-hydrogen) atoms. The van der Waals surface area contributed by atoms with Gasteiger partial charge in [0.25, 0.3) is 0 Å². The number of halogens is 1. The number of pyridine rings is 1. The second-order valence-corrected chi connectivity index (χ2v) is 2.47. The minimum atomic E-state index is -1.19. The Bertz CT molecular complexity index is 267. The number of hydrogen-bond acceptors (Lipinski definition) is 3. The molecule has 1 aromatic heterocycles. The second kappa shape index (κ2) is 5.39. The van der Waals surface area contributed by atoms with E-state index in [9.17, 15) is 9.90 Å². The van der Waals surface area contributed by atoms with Crippen molar-refractivity contribution in [2.24, 2.45) is 0 Å². The van der Waals surface area contributed by atoms with E-state index in [4.69, 9.17) is 0 Å². The van der Waals surface area contributed by atoms with Crippen LogP contribution in [-0.2, 0) is 0 Å². The topological polar surface area (TPSA) is 53.0 Å². The maximum atomic E-state index is 10.2. The Balaban J connectivity index is 0.000001000. The van der Waals surface area contributed by atoms with E-state index < -0.39 is 5.97 Å². The van der Waals surface area contributed by atoms with Gasteiger partial charge in [-0.15, -0.1) is 0 Å². The van der Waals surface area contributed by atoms with E-state index in [0.29, 0.717) is 4.60 Å². The minimum Gasteiger partial charge on any atom is -0.545 e. The summed E-state index contributed by atoms with van der Waals surface area (Å²) in [4.78, 5) is 13.9. The average Bonchev–Trinajstić information content (AvgIpc) is 1.88. The predicted molar refractivity (Wildman–Crippen MR) is 36.3 cm³/mol. The van der Waals surface area contributed by atoms with Crippen LogP contribution < -0.4 is 56.5 Å². The van der Waals surface area contributed by atoms with Crippen LogP contribution in [0.5, 0.6) is 0 Å². The molecule has 0 fully saturated rings. The third-order valence-electron chi connectivity index (χ3n) is 0.962. The summed E-state index contributed by atoms with van der Waals surface area (Å²) in [5, 5.41) is 10.2. The molecule has 1 rings (SSSR count). The van der Waals surface area contributed by atoms with Gasteiger partial charge >= 0.3 is 51.4 Å². The molecule has 0 spiro atoms. The van der Waals surface area contributed by atoms with Gasteiger partial charge in [0.1, 0.15) is 4.60 Å². The Hall–Kier alpha value is 0.736. The molecule has 1 heterocycles. The smallest absolute Gasteiger partial charge is 0.545 e. The van der Waals surface area contributed by atoms with Gasteiger partial charge in [0.15, 0.2) is 0 Å². The fraction of sp³-hybridized carbons (Fsp3) is 0. The van der Waals surface area contributed by atoms with E-state index in [1.807, 2.05) is 0 Å². The van der Waals surface area contributed by atoms with Crippen LogP contribution in [0.2, 0.25) is 0 Å². The monoisotopic (exact) mass is 239 g/mol. The van der Waals surface area contributed by atoms with Gasteiger partial charge in [0, 0.05) is 11.8 Å². The van der Waals surface area contributed by atoms with Crippen molar-refractivity contribution in [3.63, 3.8) is 0 Å². The number of carboxylic acids is 1. The van der Waals surface area contributed by atoms with Crippen LogP contribution >= 0.6 is 15.9 Å². The molecule has 0 amide bonds. The fourth-order valence-electron chi connectivity index (χ4n) is 0.529. The van der Waals surface area contributed by atoms with Crippen molar-refractivity contribution in [1.29, 1.82) is 0 Å². The number of hydrogen-bond donors (Lipinski definition) is 0. The summed E-state index contributed by atoms with van der Waals surface area (Å²) in [6.45, 7) is 0. The fourth-order valence-corrected chi connectivity index (χ4v) is 0.894. The first-order valence-corrected chi connectivity index (χ1v) is 3.32. The summed E-state index contributed by atoms with van der Waals surface area (Å²) in [7, 11) is 0. The summed E-state index contributed by atoms with van der Waals surface area (Å²) in [6, 6.07) is 2.76. The van der Waals surface area contributed by atoms with Crippen LogP contribution in [0.3, 0.4) is 0 Å². The molecule has 5 heteroatoms. The molecule has 3 nitrogen and oxygen atoms in total. The Labute approximate surface area is 115 Å². The molecule has 0 unspecified atom stereocenters. The van der Waals surface area contributed by atoms with Crippen molar-refractivity contribution in [2.75, 3.05) is 0 Å². The number of carbonyl (C=O) groups excluding carboxylic acids is 1.